The molecule has 1 unspecified atom stereocenters. The molecule has 0 radical (unpaired) electrons. The number of amides is 3. The van der Waals surface area contributed by atoms with Crippen molar-refractivity contribution >= 4 is 23.5 Å². The number of amidine groups is 1. The van der Waals surface area contributed by atoms with Gasteiger partial charge in [0.2, 0.25) is 0 Å². The van der Waals surface area contributed by atoms with Crippen molar-refractivity contribution in [3.63, 3.8) is 0 Å². The summed E-state index contributed by atoms with van der Waals surface area (Å²) in [5.74, 6) is 1.69. The number of ether oxygens (including phenoxy) is 2. The number of carbonyl (C=O) groups is 2. The molecule has 216 valence electrons. The van der Waals surface area contributed by atoms with Gasteiger partial charge in [0.1, 0.15) is 5.84 Å². The number of rotatable bonds is 8. The first-order valence-electron chi connectivity index (χ1n) is 13.9. The third kappa shape index (κ3) is 5.48. The van der Waals surface area contributed by atoms with Crippen LogP contribution in [0.25, 0.3) is 0 Å². The van der Waals surface area contributed by atoms with Crippen LogP contribution in [0.15, 0.2) is 29.3 Å². The smallest absolute Gasteiger partial charge is 0.326 e. The maximum Gasteiger partial charge on any atom is 0.326 e. The highest BCUT2D eigenvalue weighted by Crippen LogP contribution is 2.42. The molecular weight excluding hydrogens is 522 g/mol. The lowest BCUT2D eigenvalue weighted by Gasteiger charge is -2.45. The first-order chi connectivity index (χ1) is 19.7. The fraction of sp³-hybridized carbons (Fsp3) is 0.433. The number of nitrogens with one attached hydrogen (secondary N) is 2. The number of H-pyrrole nitrogens is 1. The SMILES string of the molecule is CCOc1cc2c(cc1OC)C1CC(=Nc3c(C)cc(C)cc3C)N(CCNC(=O)c3n[nH]nc3C)C(=O)N1CC2. The molecule has 1 fully saturated rings. The maximum absolute atomic E-state index is 14.1. The molecule has 0 bridgehead atoms. The lowest BCUT2D eigenvalue weighted by Crippen LogP contribution is -2.56. The summed E-state index contributed by atoms with van der Waals surface area (Å²) < 4.78 is 11.5. The van der Waals surface area contributed by atoms with Gasteiger partial charge in [0, 0.05) is 26.1 Å². The Morgan fingerprint density at radius 2 is 1.88 bits per heavy atom. The highest BCUT2D eigenvalue weighted by atomic mass is 16.5. The molecule has 41 heavy (non-hydrogen) atoms. The van der Waals surface area contributed by atoms with E-state index in [0.717, 1.165) is 33.5 Å². The fourth-order valence-corrected chi connectivity index (χ4v) is 5.81. The number of aryl methyl sites for hydroxylation is 4. The van der Waals surface area contributed by atoms with Crippen LogP contribution in [-0.2, 0) is 6.42 Å². The molecule has 0 spiro atoms. The lowest BCUT2D eigenvalue weighted by molar-refractivity contribution is 0.0941. The Balaban J connectivity index is 1.49. The van der Waals surface area contributed by atoms with Gasteiger partial charge in [-0.15, -0.1) is 0 Å². The Morgan fingerprint density at radius 1 is 1.12 bits per heavy atom. The van der Waals surface area contributed by atoms with Crippen molar-refractivity contribution in [2.75, 3.05) is 33.4 Å². The van der Waals surface area contributed by atoms with Crippen molar-refractivity contribution in [1.82, 2.24) is 30.5 Å². The van der Waals surface area contributed by atoms with E-state index in [4.69, 9.17) is 14.5 Å². The second kappa shape index (κ2) is 11.6. The summed E-state index contributed by atoms with van der Waals surface area (Å²) in [4.78, 5) is 35.4. The van der Waals surface area contributed by atoms with E-state index in [9.17, 15) is 9.59 Å². The van der Waals surface area contributed by atoms with Crippen LogP contribution in [0.1, 0.15) is 63.4 Å². The number of nitrogens with zero attached hydrogens (tertiary/aromatic N) is 5. The predicted molar refractivity (Wildman–Crippen MR) is 155 cm³/mol. The highest BCUT2D eigenvalue weighted by molar-refractivity contribution is 6.02. The van der Waals surface area contributed by atoms with Crippen molar-refractivity contribution in [3.05, 3.63) is 63.5 Å². The summed E-state index contributed by atoms with van der Waals surface area (Å²) >= 11 is 0. The summed E-state index contributed by atoms with van der Waals surface area (Å²) in [6.45, 7) is 11.4. The molecule has 3 aromatic rings. The van der Waals surface area contributed by atoms with E-state index in [2.05, 4.69) is 39.8 Å². The summed E-state index contributed by atoms with van der Waals surface area (Å²) in [5, 5.41) is 13.2. The zero-order chi connectivity index (χ0) is 29.3. The molecule has 11 heteroatoms. The quantitative estimate of drug-likeness (QED) is 0.423. The summed E-state index contributed by atoms with van der Waals surface area (Å²) in [6.07, 6.45) is 1.24. The zero-order valence-corrected chi connectivity index (χ0v) is 24.5. The Labute approximate surface area is 239 Å². The van der Waals surface area contributed by atoms with E-state index in [0.29, 0.717) is 49.0 Å². The summed E-state index contributed by atoms with van der Waals surface area (Å²) in [5.41, 5.74) is 7.07. The molecule has 1 saturated heterocycles. The minimum atomic E-state index is -0.341. The Bertz CT molecular complexity index is 1490. The number of aliphatic imine (C=N–C) groups is 1. The van der Waals surface area contributed by atoms with Crippen LogP contribution in [0.5, 0.6) is 11.5 Å². The van der Waals surface area contributed by atoms with Gasteiger partial charge in [-0.2, -0.15) is 15.4 Å². The van der Waals surface area contributed by atoms with E-state index in [1.165, 1.54) is 0 Å². The molecule has 3 amide bonds. The lowest BCUT2D eigenvalue weighted by atomic mass is 9.88. The van der Waals surface area contributed by atoms with Gasteiger partial charge in [-0.3, -0.25) is 9.69 Å². The van der Waals surface area contributed by atoms with Crippen LogP contribution in [0.3, 0.4) is 0 Å². The number of hydrogen-bond acceptors (Lipinski definition) is 7. The van der Waals surface area contributed by atoms with Crippen molar-refractivity contribution in [2.24, 2.45) is 4.99 Å². The summed E-state index contributed by atoms with van der Waals surface area (Å²) in [7, 11) is 1.63. The average molecular weight is 560 g/mol. The third-order valence-electron chi connectivity index (χ3n) is 7.68. The molecule has 11 nitrogen and oxygen atoms in total. The second-order valence-corrected chi connectivity index (χ2v) is 10.5. The monoisotopic (exact) mass is 559 g/mol. The largest absolute Gasteiger partial charge is 0.493 e. The van der Waals surface area contributed by atoms with E-state index < -0.39 is 0 Å². The minimum absolute atomic E-state index is 0.132. The molecule has 1 aromatic heterocycles. The van der Waals surface area contributed by atoms with Gasteiger partial charge in [-0.25, -0.2) is 9.79 Å². The second-order valence-electron chi connectivity index (χ2n) is 10.5. The van der Waals surface area contributed by atoms with Gasteiger partial charge < -0.3 is 19.7 Å². The van der Waals surface area contributed by atoms with Gasteiger partial charge in [-0.05, 0) is 75.4 Å². The van der Waals surface area contributed by atoms with Crippen LogP contribution in [-0.4, -0.2) is 76.3 Å². The molecule has 0 saturated carbocycles. The third-order valence-corrected chi connectivity index (χ3v) is 7.68. The molecule has 1 atom stereocenters. The van der Waals surface area contributed by atoms with Crippen LogP contribution in [0.2, 0.25) is 0 Å². The normalized spacial score (nSPS) is 17.4. The fourth-order valence-electron chi connectivity index (χ4n) is 5.81. The number of carbonyl (C=O) groups excluding carboxylic acids is 2. The van der Waals surface area contributed by atoms with Crippen LogP contribution >= 0.6 is 0 Å². The van der Waals surface area contributed by atoms with E-state index in [-0.39, 0.29) is 36.8 Å². The van der Waals surface area contributed by atoms with Gasteiger partial charge >= 0.3 is 6.03 Å². The molecule has 2 N–H and O–H groups in total. The number of aromatic nitrogens is 3. The summed E-state index contributed by atoms with van der Waals surface area (Å²) in [6, 6.07) is 7.92. The number of methoxy groups -OCH3 is 1. The van der Waals surface area contributed by atoms with Gasteiger partial charge in [0.05, 0.1) is 31.1 Å². The Kier molecular flexibility index (Phi) is 7.96. The van der Waals surface area contributed by atoms with Gasteiger partial charge in [0.25, 0.3) is 5.91 Å². The standard InChI is InChI=1S/C30H37N7O4/c1-7-41-25-14-21-8-10-36-23(22(21)15-24(25)40-6)16-26(32-27-18(3)12-17(2)13-19(27)4)37(30(36)39)11-9-31-29(38)28-20(5)33-35-34-28/h12-15,23H,7-11,16H2,1-6H3,(H,31,38)(H,33,34,35). The number of benzene rings is 2. The maximum atomic E-state index is 14.1. The molecule has 2 aliphatic rings. The average Bonchev–Trinajstić information content (AvgIpc) is 3.37. The van der Waals surface area contributed by atoms with Crippen LogP contribution in [0.4, 0.5) is 10.5 Å². The first-order valence-corrected chi connectivity index (χ1v) is 13.9. The number of aromatic amines is 1. The number of urea groups is 1. The minimum Gasteiger partial charge on any atom is -0.493 e. The number of fused-ring (bicyclic) bond motifs is 3. The van der Waals surface area contributed by atoms with E-state index in [1.807, 2.05) is 37.8 Å². The Morgan fingerprint density at radius 3 is 2.54 bits per heavy atom. The van der Waals surface area contributed by atoms with Crippen molar-refractivity contribution in [3.8, 4) is 11.5 Å². The van der Waals surface area contributed by atoms with Gasteiger partial charge in [0.15, 0.2) is 17.2 Å². The van der Waals surface area contributed by atoms with Crippen molar-refractivity contribution in [2.45, 2.75) is 53.5 Å². The predicted octanol–water partition coefficient (Wildman–Crippen LogP) is 4.33. The van der Waals surface area contributed by atoms with Crippen molar-refractivity contribution in [1.29, 1.82) is 0 Å². The molecule has 3 heterocycles. The van der Waals surface area contributed by atoms with E-state index in [1.54, 1.807) is 18.9 Å². The molecule has 2 aromatic carbocycles. The molecule has 0 aliphatic carbocycles. The zero-order valence-electron chi connectivity index (χ0n) is 24.5. The topological polar surface area (TPSA) is 125 Å². The number of hydrogen-bond donors (Lipinski definition) is 2. The van der Waals surface area contributed by atoms with Crippen molar-refractivity contribution < 1.29 is 19.1 Å². The highest BCUT2D eigenvalue weighted by Gasteiger charge is 2.41. The first kappa shape index (κ1) is 28.1. The Hall–Kier alpha value is -4.41. The van der Waals surface area contributed by atoms with Gasteiger partial charge in [-0.1, -0.05) is 17.7 Å². The van der Waals surface area contributed by atoms with Crippen LogP contribution in [0, 0.1) is 27.7 Å². The molecule has 2 aliphatic heterocycles. The molecular formula is C30H37N7O4. The van der Waals surface area contributed by atoms with Crippen LogP contribution < -0.4 is 14.8 Å². The molecule has 5 rings (SSSR count). The van der Waals surface area contributed by atoms with E-state index >= 15 is 0 Å².